The lowest BCUT2D eigenvalue weighted by molar-refractivity contribution is 0.111. The van der Waals surface area contributed by atoms with Crippen LogP contribution >= 0.6 is 0 Å². The van der Waals surface area contributed by atoms with E-state index in [9.17, 15) is 4.79 Å². The number of hydrogen-bond acceptors (Lipinski definition) is 3. The number of para-hydroxylation sites is 1. The third kappa shape index (κ3) is 2.48. The van der Waals surface area contributed by atoms with Crippen LogP contribution in [0.2, 0.25) is 0 Å². The third-order valence-corrected chi connectivity index (χ3v) is 2.20. The molecule has 1 heterocycles. The van der Waals surface area contributed by atoms with Gasteiger partial charge in [-0.2, -0.15) is 0 Å². The number of ether oxygens (including phenoxy) is 1. The molecule has 0 amide bonds. The minimum Gasteiger partial charge on any atom is -0.492 e. The summed E-state index contributed by atoms with van der Waals surface area (Å²) >= 11 is 0. The van der Waals surface area contributed by atoms with Crippen molar-refractivity contribution in [1.29, 1.82) is 0 Å². The maximum Gasteiger partial charge on any atom is 0.185 e. The number of nitrogens with zero attached hydrogens (tertiary/aromatic N) is 2. The van der Waals surface area contributed by atoms with Crippen molar-refractivity contribution >= 4 is 6.29 Å². The second-order valence-corrected chi connectivity index (χ2v) is 3.26. The fraction of sp³-hybridized carbons (Fsp3) is 0.167. The molecular weight excluding hydrogens is 204 g/mol. The Morgan fingerprint density at radius 1 is 1.31 bits per heavy atom. The molecule has 0 bridgehead atoms. The first-order valence-electron chi connectivity index (χ1n) is 5.04. The molecule has 0 aliphatic carbocycles. The van der Waals surface area contributed by atoms with Crippen LogP contribution in [0.3, 0.4) is 0 Å². The van der Waals surface area contributed by atoms with E-state index in [0.29, 0.717) is 19.0 Å². The van der Waals surface area contributed by atoms with Crippen LogP contribution in [0.1, 0.15) is 10.6 Å². The number of carbonyl (C=O) groups is 1. The summed E-state index contributed by atoms with van der Waals surface area (Å²) in [5, 5.41) is 0. The van der Waals surface area contributed by atoms with Crippen molar-refractivity contribution in [2.24, 2.45) is 0 Å². The van der Waals surface area contributed by atoms with Crippen molar-refractivity contribution in [3.63, 3.8) is 0 Å². The molecular formula is C12H12N2O2. The van der Waals surface area contributed by atoms with Crippen LogP contribution < -0.4 is 4.74 Å². The Balaban J connectivity index is 1.87. The number of aldehydes is 1. The van der Waals surface area contributed by atoms with Gasteiger partial charge in [0.15, 0.2) is 12.1 Å². The van der Waals surface area contributed by atoms with Gasteiger partial charge in [-0.25, -0.2) is 4.98 Å². The van der Waals surface area contributed by atoms with E-state index >= 15 is 0 Å². The van der Waals surface area contributed by atoms with Gasteiger partial charge in [-0.3, -0.25) is 4.79 Å². The molecule has 0 atom stereocenters. The molecule has 1 aromatic heterocycles. The molecule has 4 heteroatoms. The molecule has 0 fully saturated rings. The molecule has 0 radical (unpaired) electrons. The molecule has 0 spiro atoms. The van der Waals surface area contributed by atoms with Crippen molar-refractivity contribution in [1.82, 2.24) is 9.55 Å². The van der Waals surface area contributed by atoms with Gasteiger partial charge < -0.3 is 9.30 Å². The van der Waals surface area contributed by atoms with Crippen molar-refractivity contribution < 1.29 is 9.53 Å². The fourth-order valence-corrected chi connectivity index (χ4v) is 1.41. The number of aromatic nitrogens is 2. The average molecular weight is 216 g/mol. The number of imidazole rings is 1. The SMILES string of the molecule is O=Cc1nccn1CCOc1ccccc1. The van der Waals surface area contributed by atoms with Gasteiger partial charge >= 0.3 is 0 Å². The standard InChI is InChI=1S/C12H12N2O2/c15-10-12-13-6-7-14(12)8-9-16-11-4-2-1-3-5-11/h1-7,10H,8-9H2. The van der Waals surface area contributed by atoms with Gasteiger partial charge in [0.05, 0.1) is 6.54 Å². The Hall–Kier alpha value is -2.10. The summed E-state index contributed by atoms with van der Waals surface area (Å²) in [5.74, 6) is 1.26. The van der Waals surface area contributed by atoms with E-state index in [1.165, 1.54) is 0 Å². The lowest BCUT2D eigenvalue weighted by Gasteiger charge is -2.07. The first-order chi connectivity index (χ1) is 7.90. The number of benzene rings is 1. The highest BCUT2D eigenvalue weighted by atomic mass is 16.5. The zero-order valence-corrected chi connectivity index (χ0v) is 8.74. The monoisotopic (exact) mass is 216 g/mol. The van der Waals surface area contributed by atoms with Crippen LogP contribution in [-0.2, 0) is 6.54 Å². The fourth-order valence-electron chi connectivity index (χ4n) is 1.41. The second-order valence-electron chi connectivity index (χ2n) is 3.26. The van der Waals surface area contributed by atoms with Crippen molar-refractivity contribution in [2.75, 3.05) is 6.61 Å². The van der Waals surface area contributed by atoms with Crippen LogP contribution in [-0.4, -0.2) is 22.4 Å². The summed E-state index contributed by atoms with van der Waals surface area (Å²) in [7, 11) is 0. The summed E-state index contributed by atoms with van der Waals surface area (Å²) in [4.78, 5) is 14.5. The van der Waals surface area contributed by atoms with Crippen LogP contribution in [0, 0.1) is 0 Å². The summed E-state index contributed by atoms with van der Waals surface area (Å²) < 4.78 is 7.27. The van der Waals surface area contributed by atoms with Crippen LogP contribution in [0.25, 0.3) is 0 Å². The molecule has 0 aliphatic heterocycles. The van der Waals surface area contributed by atoms with Crippen LogP contribution in [0.5, 0.6) is 5.75 Å². The zero-order chi connectivity index (χ0) is 11.2. The van der Waals surface area contributed by atoms with Crippen molar-refractivity contribution in [3.05, 3.63) is 48.5 Å². The smallest absolute Gasteiger partial charge is 0.185 e. The largest absolute Gasteiger partial charge is 0.492 e. The van der Waals surface area contributed by atoms with E-state index in [2.05, 4.69) is 4.98 Å². The Morgan fingerprint density at radius 3 is 2.88 bits per heavy atom. The van der Waals surface area contributed by atoms with Gasteiger partial charge in [0.1, 0.15) is 12.4 Å². The second kappa shape index (κ2) is 5.11. The topological polar surface area (TPSA) is 44.1 Å². The maximum atomic E-state index is 10.6. The minimum absolute atomic E-state index is 0.427. The molecule has 0 N–H and O–H groups in total. The molecule has 0 saturated heterocycles. The third-order valence-electron chi connectivity index (χ3n) is 2.20. The molecule has 82 valence electrons. The number of hydrogen-bond donors (Lipinski definition) is 0. The Morgan fingerprint density at radius 2 is 2.12 bits per heavy atom. The van der Waals surface area contributed by atoms with E-state index in [0.717, 1.165) is 12.0 Å². The highest BCUT2D eigenvalue weighted by molar-refractivity contribution is 5.69. The highest BCUT2D eigenvalue weighted by Gasteiger charge is 2.00. The number of rotatable bonds is 5. The van der Waals surface area contributed by atoms with Crippen LogP contribution in [0.4, 0.5) is 0 Å². The van der Waals surface area contributed by atoms with E-state index in [4.69, 9.17) is 4.74 Å². The maximum absolute atomic E-state index is 10.6. The average Bonchev–Trinajstić information content (AvgIpc) is 2.78. The number of carbonyl (C=O) groups excluding carboxylic acids is 1. The lowest BCUT2D eigenvalue weighted by atomic mass is 10.3. The van der Waals surface area contributed by atoms with Gasteiger partial charge in [0.2, 0.25) is 0 Å². The summed E-state index contributed by atoms with van der Waals surface area (Å²) in [6.45, 7) is 1.13. The molecule has 4 nitrogen and oxygen atoms in total. The predicted molar refractivity (Wildman–Crippen MR) is 59.6 cm³/mol. The normalized spacial score (nSPS) is 10.0. The van der Waals surface area contributed by atoms with Crippen molar-refractivity contribution in [2.45, 2.75) is 6.54 Å². The quantitative estimate of drug-likeness (QED) is 0.715. The molecule has 2 aromatic rings. The van der Waals surface area contributed by atoms with Crippen molar-refractivity contribution in [3.8, 4) is 5.75 Å². The molecule has 0 saturated carbocycles. The van der Waals surface area contributed by atoms with Gasteiger partial charge in [-0.1, -0.05) is 18.2 Å². The molecule has 0 aliphatic rings. The van der Waals surface area contributed by atoms with E-state index in [1.54, 1.807) is 17.0 Å². The summed E-state index contributed by atoms with van der Waals surface area (Å²) in [5.41, 5.74) is 0. The highest BCUT2D eigenvalue weighted by Crippen LogP contribution is 2.08. The first-order valence-corrected chi connectivity index (χ1v) is 5.04. The zero-order valence-electron chi connectivity index (χ0n) is 8.74. The molecule has 1 aromatic carbocycles. The lowest BCUT2D eigenvalue weighted by Crippen LogP contribution is -2.10. The summed E-state index contributed by atoms with van der Waals surface area (Å²) in [6.07, 6.45) is 4.10. The van der Waals surface area contributed by atoms with Gasteiger partial charge in [0, 0.05) is 12.4 Å². The Bertz CT molecular complexity index is 451. The molecule has 16 heavy (non-hydrogen) atoms. The molecule has 2 rings (SSSR count). The van der Waals surface area contributed by atoms with Crippen LogP contribution in [0.15, 0.2) is 42.7 Å². The Labute approximate surface area is 93.5 Å². The van der Waals surface area contributed by atoms with Gasteiger partial charge in [0.25, 0.3) is 0 Å². The van der Waals surface area contributed by atoms with E-state index in [1.807, 2.05) is 30.3 Å². The first kappa shape index (κ1) is 10.4. The molecule has 0 unspecified atom stereocenters. The van der Waals surface area contributed by atoms with Gasteiger partial charge in [-0.05, 0) is 12.1 Å². The van der Waals surface area contributed by atoms with E-state index in [-0.39, 0.29) is 0 Å². The summed E-state index contributed by atoms with van der Waals surface area (Å²) in [6, 6.07) is 9.57. The Kier molecular flexibility index (Phi) is 3.33. The van der Waals surface area contributed by atoms with E-state index < -0.39 is 0 Å². The van der Waals surface area contributed by atoms with Gasteiger partial charge in [-0.15, -0.1) is 0 Å². The minimum atomic E-state index is 0.427. The predicted octanol–water partition coefficient (Wildman–Crippen LogP) is 1.77.